The average molecular weight is 375 g/mol. The molecular weight excluding hydrogens is 344 g/mol. The first-order chi connectivity index (χ1) is 13.6. The molecule has 2 aromatic carbocycles. The van der Waals surface area contributed by atoms with E-state index < -0.39 is 0 Å². The van der Waals surface area contributed by atoms with Crippen LogP contribution < -0.4 is 10.6 Å². The Morgan fingerprint density at radius 3 is 2.25 bits per heavy atom. The Morgan fingerprint density at radius 1 is 0.857 bits per heavy atom. The number of nitrogens with zero attached hydrogens (tertiary/aromatic N) is 2. The number of hydrogen-bond acceptors (Lipinski definition) is 4. The van der Waals surface area contributed by atoms with Gasteiger partial charge in [-0.2, -0.15) is 0 Å². The molecule has 0 saturated heterocycles. The SMILES string of the molecule is CCc1cnc(Nc2ccccc2)c(Nc2ccccc2C(CC)C(C)C)n1. The van der Waals surface area contributed by atoms with Crippen LogP contribution in [0.5, 0.6) is 0 Å². The Hall–Kier alpha value is -2.88. The maximum atomic E-state index is 4.82. The Bertz CT molecular complexity index is 890. The number of nitrogens with one attached hydrogen (secondary N) is 2. The molecule has 0 saturated carbocycles. The van der Waals surface area contributed by atoms with Crippen molar-refractivity contribution in [2.75, 3.05) is 10.6 Å². The first kappa shape index (κ1) is 19.9. The van der Waals surface area contributed by atoms with Crippen molar-refractivity contribution in [2.24, 2.45) is 5.92 Å². The summed E-state index contributed by atoms with van der Waals surface area (Å²) in [7, 11) is 0. The molecule has 1 heterocycles. The van der Waals surface area contributed by atoms with Gasteiger partial charge in [0.2, 0.25) is 0 Å². The summed E-state index contributed by atoms with van der Waals surface area (Å²) < 4.78 is 0. The molecule has 1 aromatic heterocycles. The molecule has 0 aliphatic rings. The third-order valence-corrected chi connectivity index (χ3v) is 5.08. The highest BCUT2D eigenvalue weighted by Crippen LogP contribution is 2.35. The maximum Gasteiger partial charge on any atom is 0.174 e. The van der Waals surface area contributed by atoms with E-state index in [0.717, 1.165) is 41.5 Å². The van der Waals surface area contributed by atoms with Gasteiger partial charge in [-0.1, -0.05) is 64.1 Å². The molecule has 3 aromatic rings. The van der Waals surface area contributed by atoms with Crippen molar-refractivity contribution >= 4 is 23.0 Å². The van der Waals surface area contributed by atoms with Gasteiger partial charge in [0.1, 0.15) is 0 Å². The minimum atomic E-state index is 0.497. The fourth-order valence-electron chi connectivity index (χ4n) is 3.54. The van der Waals surface area contributed by atoms with Crippen molar-refractivity contribution in [3.63, 3.8) is 0 Å². The summed E-state index contributed by atoms with van der Waals surface area (Å²) in [6, 6.07) is 18.6. The number of benzene rings is 2. The van der Waals surface area contributed by atoms with Crippen molar-refractivity contribution in [3.8, 4) is 0 Å². The zero-order valence-electron chi connectivity index (χ0n) is 17.2. The zero-order chi connectivity index (χ0) is 19.9. The van der Waals surface area contributed by atoms with Crippen LogP contribution in [-0.4, -0.2) is 9.97 Å². The Labute approximate surface area is 168 Å². The summed E-state index contributed by atoms with van der Waals surface area (Å²) in [5, 5.41) is 6.96. The van der Waals surface area contributed by atoms with Crippen LogP contribution in [0.25, 0.3) is 0 Å². The van der Waals surface area contributed by atoms with Gasteiger partial charge in [-0.3, -0.25) is 0 Å². The van der Waals surface area contributed by atoms with Crippen molar-refractivity contribution in [3.05, 3.63) is 72.1 Å². The van der Waals surface area contributed by atoms with E-state index in [0.29, 0.717) is 11.8 Å². The normalized spacial score (nSPS) is 12.0. The number of rotatable bonds is 8. The lowest BCUT2D eigenvalue weighted by Gasteiger charge is -2.23. The van der Waals surface area contributed by atoms with E-state index in [2.05, 4.69) is 67.6 Å². The lowest BCUT2D eigenvalue weighted by Crippen LogP contribution is -2.10. The summed E-state index contributed by atoms with van der Waals surface area (Å²) in [5.74, 6) is 2.56. The van der Waals surface area contributed by atoms with Gasteiger partial charge in [0.25, 0.3) is 0 Å². The lowest BCUT2D eigenvalue weighted by molar-refractivity contribution is 0.486. The van der Waals surface area contributed by atoms with Crippen molar-refractivity contribution in [1.82, 2.24) is 9.97 Å². The van der Waals surface area contributed by atoms with Gasteiger partial charge in [0, 0.05) is 11.4 Å². The summed E-state index contributed by atoms with van der Waals surface area (Å²) >= 11 is 0. The number of aromatic nitrogens is 2. The van der Waals surface area contributed by atoms with Gasteiger partial charge in [0.15, 0.2) is 11.6 Å². The standard InChI is InChI=1S/C24H30N4/c1-5-18-16-25-23(27-19-12-8-7-9-13-19)24(26-18)28-22-15-11-10-14-21(22)20(6-2)17(3)4/h7-17,20H,5-6H2,1-4H3,(H,25,27)(H,26,28). The van der Waals surface area contributed by atoms with Crippen LogP contribution in [0.1, 0.15) is 51.3 Å². The Balaban J connectivity index is 1.98. The van der Waals surface area contributed by atoms with E-state index in [1.807, 2.05) is 36.5 Å². The summed E-state index contributed by atoms with van der Waals surface area (Å²) in [4.78, 5) is 9.45. The maximum absolute atomic E-state index is 4.82. The molecule has 1 unspecified atom stereocenters. The fraction of sp³-hybridized carbons (Fsp3) is 0.333. The minimum Gasteiger partial charge on any atom is -0.337 e. The molecule has 1 atom stereocenters. The van der Waals surface area contributed by atoms with Crippen LogP contribution in [0.15, 0.2) is 60.8 Å². The fourth-order valence-corrected chi connectivity index (χ4v) is 3.54. The highest BCUT2D eigenvalue weighted by atomic mass is 15.1. The number of anilines is 4. The van der Waals surface area contributed by atoms with Crippen LogP contribution in [0, 0.1) is 5.92 Å². The number of para-hydroxylation sites is 2. The molecule has 0 spiro atoms. The zero-order valence-corrected chi connectivity index (χ0v) is 17.2. The molecule has 2 N–H and O–H groups in total. The average Bonchev–Trinajstić information content (AvgIpc) is 2.71. The molecule has 4 nitrogen and oxygen atoms in total. The van der Waals surface area contributed by atoms with E-state index >= 15 is 0 Å². The van der Waals surface area contributed by atoms with Crippen LogP contribution in [0.3, 0.4) is 0 Å². The summed E-state index contributed by atoms with van der Waals surface area (Å²) in [6.45, 7) is 8.91. The molecule has 146 valence electrons. The number of aryl methyl sites for hydroxylation is 1. The molecule has 0 fully saturated rings. The van der Waals surface area contributed by atoms with Crippen LogP contribution in [-0.2, 0) is 6.42 Å². The van der Waals surface area contributed by atoms with E-state index in [4.69, 9.17) is 4.98 Å². The van der Waals surface area contributed by atoms with Gasteiger partial charge in [0.05, 0.1) is 11.9 Å². The highest BCUT2D eigenvalue weighted by Gasteiger charge is 2.18. The van der Waals surface area contributed by atoms with Crippen molar-refractivity contribution < 1.29 is 0 Å². The third kappa shape index (κ3) is 4.69. The van der Waals surface area contributed by atoms with Crippen LogP contribution in [0.2, 0.25) is 0 Å². The Morgan fingerprint density at radius 2 is 1.57 bits per heavy atom. The molecule has 0 aliphatic carbocycles. The molecule has 0 amide bonds. The molecule has 28 heavy (non-hydrogen) atoms. The quantitative estimate of drug-likeness (QED) is 0.462. The van der Waals surface area contributed by atoms with Crippen LogP contribution >= 0.6 is 0 Å². The van der Waals surface area contributed by atoms with E-state index in [1.165, 1.54) is 5.56 Å². The highest BCUT2D eigenvalue weighted by molar-refractivity contribution is 5.73. The second-order valence-corrected chi connectivity index (χ2v) is 7.37. The van der Waals surface area contributed by atoms with Crippen molar-refractivity contribution in [2.45, 2.75) is 46.5 Å². The summed E-state index contributed by atoms with van der Waals surface area (Å²) in [6.07, 6.45) is 3.79. The van der Waals surface area contributed by atoms with Gasteiger partial charge in [-0.15, -0.1) is 0 Å². The van der Waals surface area contributed by atoms with Gasteiger partial charge >= 0.3 is 0 Å². The largest absolute Gasteiger partial charge is 0.337 e. The third-order valence-electron chi connectivity index (χ3n) is 5.08. The monoisotopic (exact) mass is 374 g/mol. The van der Waals surface area contributed by atoms with E-state index in [-0.39, 0.29) is 0 Å². The molecule has 4 heteroatoms. The molecule has 3 rings (SSSR count). The first-order valence-electron chi connectivity index (χ1n) is 10.2. The smallest absolute Gasteiger partial charge is 0.174 e. The molecule has 0 radical (unpaired) electrons. The second kappa shape index (κ2) is 9.36. The predicted molar refractivity (Wildman–Crippen MR) is 119 cm³/mol. The van der Waals surface area contributed by atoms with Crippen molar-refractivity contribution in [1.29, 1.82) is 0 Å². The number of hydrogen-bond donors (Lipinski definition) is 2. The topological polar surface area (TPSA) is 49.8 Å². The van der Waals surface area contributed by atoms with Gasteiger partial charge in [-0.25, -0.2) is 9.97 Å². The molecular formula is C24H30N4. The lowest BCUT2D eigenvalue weighted by atomic mass is 9.85. The Kier molecular flexibility index (Phi) is 6.64. The molecule has 0 bridgehead atoms. The minimum absolute atomic E-state index is 0.497. The predicted octanol–water partition coefficient (Wildman–Crippen LogP) is 6.68. The first-order valence-corrected chi connectivity index (χ1v) is 10.2. The van der Waals surface area contributed by atoms with E-state index in [9.17, 15) is 0 Å². The second-order valence-electron chi connectivity index (χ2n) is 7.37. The van der Waals surface area contributed by atoms with Crippen LogP contribution in [0.4, 0.5) is 23.0 Å². The van der Waals surface area contributed by atoms with Gasteiger partial charge < -0.3 is 10.6 Å². The molecule has 0 aliphatic heterocycles. The summed E-state index contributed by atoms with van der Waals surface area (Å²) in [5.41, 5.74) is 4.39. The van der Waals surface area contributed by atoms with Gasteiger partial charge in [-0.05, 0) is 48.4 Å². The van der Waals surface area contributed by atoms with E-state index in [1.54, 1.807) is 0 Å².